The zero-order valence-corrected chi connectivity index (χ0v) is 75.6. The van der Waals surface area contributed by atoms with Crippen molar-refractivity contribution in [2.75, 3.05) is 92.5 Å². The lowest BCUT2D eigenvalue weighted by Gasteiger charge is -2.22. The Bertz CT molecular complexity index is 3990. The fourth-order valence-corrected chi connectivity index (χ4v) is 11.7. The van der Waals surface area contributed by atoms with Gasteiger partial charge in [0.2, 0.25) is 0 Å². The van der Waals surface area contributed by atoms with Crippen molar-refractivity contribution in [3.05, 3.63) is 163 Å². The Morgan fingerprint density at radius 2 is 0.188 bits per heavy atom. The number of carboxylic acid groups (broad SMARTS) is 14. The lowest BCUT2D eigenvalue weighted by Crippen LogP contribution is -2.16. The molecule has 0 atom stereocenters. The van der Waals surface area contributed by atoms with Gasteiger partial charge in [-0.2, -0.15) is 0 Å². The zero-order valence-electron chi connectivity index (χ0n) is 75.6. The number of ether oxygens (including phenoxy) is 14. The summed E-state index contributed by atoms with van der Waals surface area (Å²) in [6.07, 6.45) is -4.36. The number of rotatable bonds is 42. The molecule has 0 heterocycles. The number of quaternary nitrogens is 14. The van der Waals surface area contributed by atoms with Crippen LogP contribution in [0.25, 0.3) is 0 Å². The van der Waals surface area contributed by atoms with Crippen molar-refractivity contribution < 1.29 is 205 Å². The first-order chi connectivity index (χ1) is 56.4. The summed E-state index contributed by atoms with van der Waals surface area (Å²) < 4.78 is 81.5. The van der Waals surface area contributed by atoms with Crippen LogP contribution < -0.4 is 152 Å². The number of hydrogen-bond donors (Lipinski definition) is 28. The van der Waals surface area contributed by atoms with Gasteiger partial charge in [-0.3, -0.25) is 0 Å². The summed E-state index contributed by atoms with van der Waals surface area (Å²) in [5.74, 6) is -27.9. The minimum atomic E-state index is -1.60. The predicted molar refractivity (Wildman–Crippen MR) is 472 cm³/mol. The summed E-state index contributed by atoms with van der Waals surface area (Å²) in [4.78, 5) is 173. The second-order valence-electron chi connectivity index (χ2n) is 25.3. The highest BCUT2D eigenvalue weighted by atomic mass is 16.6. The molecule has 14 aliphatic carbocycles. The molecule has 14 aliphatic rings. The van der Waals surface area contributed by atoms with Crippen LogP contribution in [-0.4, -0.2) is 248 Å². The van der Waals surface area contributed by atoms with Crippen molar-refractivity contribution in [2.24, 2.45) is 0 Å². The lowest BCUT2D eigenvalue weighted by molar-refractivity contribution is -0.140. The van der Waals surface area contributed by atoms with E-state index in [9.17, 15) is 139 Å². The fraction of sp³-hybridized carbons (Fsp3) is 0.273. The highest BCUT2D eigenvalue weighted by Gasteiger charge is 2.29. The Balaban J connectivity index is -0.00000227. The Morgan fingerprint density at radius 1 is 0.135 bits per heavy atom. The van der Waals surface area contributed by atoms with Crippen molar-refractivity contribution in [1.29, 1.82) is 0 Å². The Morgan fingerprint density at radius 3 is 0.233 bits per heavy atom. The van der Waals surface area contributed by atoms with E-state index in [2.05, 4.69) is 0 Å². The van der Waals surface area contributed by atoms with E-state index in [1.165, 1.54) is 0 Å². The maximum Gasteiger partial charge on any atom is 0.341 e. The third-order valence-corrected chi connectivity index (χ3v) is 16.3. The number of aliphatic carboxylic acids is 14. The van der Waals surface area contributed by atoms with Gasteiger partial charge in [0, 0.05) is 123 Å². The van der Waals surface area contributed by atoms with Crippen LogP contribution in [0.1, 0.15) is 77.9 Å². The molecule has 0 unspecified atom stereocenters. The third-order valence-electron chi connectivity index (χ3n) is 16.3. The van der Waals surface area contributed by atoms with E-state index in [0.29, 0.717) is 0 Å². The first-order valence-corrected chi connectivity index (χ1v) is 34.4. The molecule has 0 saturated carbocycles. The monoisotopic (exact) mass is 1920 g/mol. The summed E-state index contributed by atoms with van der Waals surface area (Å²) in [7, 11) is 0. The second kappa shape index (κ2) is 60.5. The molecule has 0 fully saturated rings. The van der Waals surface area contributed by atoms with Gasteiger partial charge < -0.3 is 224 Å². The maximum absolute atomic E-state index is 12.4. The summed E-state index contributed by atoms with van der Waals surface area (Å²) in [5.41, 5.74) is -2.23. The summed E-state index contributed by atoms with van der Waals surface area (Å²) in [6.45, 7) is -16.1. The van der Waals surface area contributed by atoms with Gasteiger partial charge in [-0.25, -0.2) is 67.1 Å². The smallest absolute Gasteiger partial charge is 0.341 e. The van der Waals surface area contributed by atoms with Gasteiger partial charge in [-0.1, -0.05) is 0 Å². The van der Waals surface area contributed by atoms with E-state index in [-0.39, 0.29) is 164 Å². The van der Waals surface area contributed by atoms with E-state index in [1.54, 1.807) is 0 Å². The molecule has 0 aliphatic heterocycles. The van der Waals surface area contributed by atoms with Crippen LogP contribution in [0.3, 0.4) is 0 Å². The summed E-state index contributed by atoms with van der Waals surface area (Å²) in [5, 5.41) is 141. The van der Waals surface area contributed by atoms with Gasteiger partial charge in [0.15, 0.2) is 92.5 Å². The zero-order chi connectivity index (χ0) is 86.9. The molecule has 7 aromatic carbocycles. The second-order valence-corrected chi connectivity index (χ2v) is 25.3. The van der Waals surface area contributed by atoms with Gasteiger partial charge in [0.05, 0.1) is 0 Å². The normalized spacial score (nSPS) is 10.3. The molecule has 742 valence electrons. The van der Waals surface area contributed by atoms with Crippen LogP contribution in [0, 0.1) is 0 Å². The van der Waals surface area contributed by atoms with E-state index < -0.39 is 302 Å². The van der Waals surface area contributed by atoms with Gasteiger partial charge >= 0.3 is 83.6 Å². The third kappa shape index (κ3) is 39.9. The average molecular weight is 1920 g/mol. The molecule has 21 rings (SSSR count). The quantitative estimate of drug-likeness (QED) is 0.0170. The number of carboxylic acids is 14. The Hall–Kier alpha value is -16.2. The SMILES string of the molecule is O=C(O)COc1cc2c(OCC(=O)O)cc1Cc1cc(OCC(=O)O)c(cc1OCC(=O)O)Cc1cc(OCC(=O)O)c(cc1OCC(=O)O)Cc1cc(OCC(=O)O)c(cc1OCC(=O)O)Cc1cc(OCC(=O)O)c(cc1OCC(=O)O)Cc1cc(OCC(=O)O)c(cc1OCC(=O)O)Cc1cc(OCC(=O)O)c(cc1OCC(=O)O)C2.[NH4+].[NH4+].[NH4+].[NH4+].[NH4+].[NH4+].[NH4+].[NH4+].[NH4+].[NH4+].[NH4+].[NH4+].[NH4+].[NH4+]. The van der Waals surface area contributed by atoms with E-state index in [0.717, 1.165) is 84.9 Å². The average Bonchev–Trinajstić information content (AvgIpc) is 0.863. The maximum atomic E-state index is 12.4. The minimum absolute atomic E-state index is 0. The molecule has 56 nitrogen and oxygen atoms in total. The molecule has 0 saturated heterocycles. The summed E-state index contributed by atoms with van der Waals surface area (Å²) in [6, 6.07) is 15.7. The molecule has 0 aromatic heterocycles. The van der Waals surface area contributed by atoms with Gasteiger partial charge in [-0.05, 0) is 84.9 Å². The van der Waals surface area contributed by atoms with Crippen molar-refractivity contribution in [3.63, 3.8) is 0 Å². The molecular weight excluding hydrogens is 1790 g/mol. The first kappa shape index (κ1) is 130. The van der Waals surface area contributed by atoms with Crippen LogP contribution in [0.4, 0.5) is 0 Å². The van der Waals surface area contributed by atoms with Gasteiger partial charge in [0.1, 0.15) is 80.5 Å². The minimum Gasteiger partial charge on any atom is -0.482 e. The molecule has 14 bridgehead atoms. The van der Waals surface area contributed by atoms with Crippen molar-refractivity contribution in [2.45, 2.75) is 44.9 Å². The molecule has 133 heavy (non-hydrogen) atoms. The number of carbonyl (C=O) groups is 14. The highest BCUT2D eigenvalue weighted by Crippen LogP contribution is 2.45. The van der Waals surface area contributed by atoms with Crippen molar-refractivity contribution in [3.8, 4) is 80.5 Å². The van der Waals surface area contributed by atoms with Crippen LogP contribution >= 0.6 is 0 Å². The number of benzene rings is 7. The van der Waals surface area contributed by atoms with E-state index in [1.807, 2.05) is 0 Å². The predicted octanol–water partition coefficient (Wildman–Crippen LogP) is 8.89. The first-order valence-electron chi connectivity index (χ1n) is 34.4. The summed E-state index contributed by atoms with van der Waals surface area (Å²) >= 11 is 0. The van der Waals surface area contributed by atoms with Crippen molar-refractivity contribution in [1.82, 2.24) is 86.1 Å². The molecular formula is C77H126N14O42+14. The molecule has 70 N–H and O–H groups in total. The van der Waals surface area contributed by atoms with Crippen LogP contribution in [0.5, 0.6) is 80.5 Å². The van der Waals surface area contributed by atoms with E-state index in [4.69, 9.17) is 66.3 Å². The topological polar surface area (TPSA) is 1160 Å². The fourth-order valence-electron chi connectivity index (χ4n) is 11.7. The van der Waals surface area contributed by atoms with Crippen molar-refractivity contribution >= 4 is 83.6 Å². The molecule has 0 radical (unpaired) electrons. The van der Waals surface area contributed by atoms with Crippen LogP contribution in [0.15, 0.2) is 84.9 Å². The molecule has 0 spiro atoms. The molecule has 56 heteroatoms. The van der Waals surface area contributed by atoms with Gasteiger partial charge in [-0.15, -0.1) is 0 Å². The van der Waals surface area contributed by atoms with E-state index >= 15 is 0 Å². The largest absolute Gasteiger partial charge is 0.482 e. The standard InChI is InChI=1S/C77H70O42.14H3N/c78-64(79)22-106-50-10-38-2-40-12-56(112-28-70(90)91)42(14-54(40)110-26-68(86)87)4-44-16-60(116-32-74(98)99)46(18-58(44)114-30-72(94)95)6-48-20-63(119-35-77(104)105)49(21-62(48)118-34-76(102)103)7-47-19-59(115-31-73(96)97)45(17-61(47)117-33-75(100)101)5-43-15-55(111-27-69(88)89)41(13-57(43)113-29-71(92)93)3-39-11-51(107-23-65(80)81)37(9-53(39)109-25-67(84)85)1-36(50)8-52(38)108-24-66(82)83;;;;;;;;;;;;;;/h8-21H,1-7,22-35H2,(H,78,79)(H,80,81)(H,82,83)(H,84,85)(H,86,87)(H,88,89)(H,90,91)(H,92,93)(H,94,95)(H,96,97)(H,98,99)(H,100,101)(H,102,103)(H,104,105);14*1H3/p+14. The Kier molecular flexibility index (Phi) is 59.1. The van der Waals surface area contributed by atoms with Crippen LogP contribution in [-0.2, 0) is 112 Å². The Labute approximate surface area is 752 Å². The lowest BCUT2D eigenvalue weighted by atomic mass is 9.93. The van der Waals surface area contributed by atoms with Crippen LogP contribution in [0.2, 0.25) is 0 Å². The van der Waals surface area contributed by atoms with Gasteiger partial charge in [0.25, 0.3) is 0 Å². The molecule has 7 aromatic rings. The highest BCUT2D eigenvalue weighted by molar-refractivity contribution is 5.76. The molecule has 0 amide bonds. The number of hydrogen-bond acceptors (Lipinski definition) is 28.